The summed E-state index contributed by atoms with van der Waals surface area (Å²) >= 11 is 1.45. The second-order valence-corrected chi connectivity index (χ2v) is 7.76. The largest absolute Gasteiger partial charge is 0.383 e. The number of halogens is 1. The molecular weight excluding hydrogens is 401 g/mol. The molecule has 0 saturated carbocycles. The first kappa shape index (κ1) is 20.3. The fraction of sp³-hybridized carbons (Fsp3) is 0.217. The summed E-state index contributed by atoms with van der Waals surface area (Å²) in [5.41, 5.74) is 3.46. The second kappa shape index (κ2) is 9.19. The minimum atomic E-state index is -0.263. The average molecular weight is 424 g/mol. The number of aromatic nitrogens is 2. The van der Waals surface area contributed by atoms with E-state index in [4.69, 9.17) is 4.74 Å². The Balaban J connectivity index is 1.48. The first-order chi connectivity index (χ1) is 14.7. The quantitative estimate of drug-likeness (QED) is 0.453. The number of carbonyl (C=O) groups excluding carboxylic acids is 1. The number of para-hydroxylation sites is 1. The van der Waals surface area contributed by atoms with Crippen molar-refractivity contribution in [1.82, 2.24) is 14.9 Å². The number of hydrogen-bond acceptors (Lipinski definition) is 4. The van der Waals surface area contributed by atoms with Gasteiger partial charge in [0.25, 0.3) is 5.91 Å². The highest BCUT2D eigenvalue weighted by atomic mass is 32.1. The summed E-state index contributed by atoms with van der Waals surface area (Å²) in [6.07, 6.45) is 0.633. The molecule has 0 spiro atoms. The lowest BCUT2D eigenvalue weighted by Gasteiger charge is -2.08. The highest BCUT2D eigenvalue weighted by molar-refractivity contribution is 7.13. The fourth-order valence-corrected chi connectivity index (χ4v) is 4.19. The van der Waals surface area contributed by atoms with Gasteiger partial charge >= 0.3 is 0 Å². The Kier molecular flexibility index (Phi) is 6.21. The van der Waals surface area contributed by atoms with Gasteiger partial charge in [-0.1, -0.05) is 30.3 Å². The van der Waals surface area contributed by atoms with Crippen molar-refractivity contribution in [3.63, 3.8) is 0 Å². The van der Waals surface area contributed by atoms with E-state index in [1.165, 1.54) is 23.5 Å². The van der Waals surface area contributed by atoms with Crippen LogP contribution in [0, 0.1) is 5.82 Å². The zero-order valence-electron chi connectivity index (χ0n) is 16.6. The maximum Gasteiger partial charge on any atom is 0.270 e. The van der Waals surface area contributed by atoms with Gasteiger partial charge in [-0.05, 0) is 36.2 Å². The minimum absolute atomic E-state index is 0.209. The molecule has 0 fully saturated rings. The Morgan fingerprint density at radius 2 is 2.00 bits per heavy atom. The molecule has 0 unspecified atom stereocenters. The molecule has 2 heterocycles. The molecule has 0 bridgehead atoms. The summed E-state index contributed by atoms with van der Waals surface area (Å²) in [7, 11) is 1.68. The van der Waals surface area contributed by atoms with Gasteiger partial charge in [0.15, 0.2) is 0 Å². The smallest absolute Gasteiger partial charge is 0.270 e. The zero-order valence-corrected chi connectivity index (χ0v) is 17.4. The molecule has 0 aliphatic rings. The highest BCUT2D eigenvalue weighted by Gasteiger charge is 2.16. The Labute approximate surface area is 178 Å². The Morgan fingerprint density at radius 1 is 1.20 bits per heavy atom. The number of rotatable bonds is 8. The van der Waals surface area contributed by atoms with Gasteiger partial charge in [0, 0.05) is 36.5 Å². The van der Waals surface area contributed by atoms with Crippen LogP contribution in [0.1, 0.15) is 16.1 Å². The summed E-state index contributed by atoms with van der Waals surface area (Å²) < 4.78 is 20.4. The Morgan fingerprint density at radius 3 is 2.80 bits per heavy atom. The van der Waals surface area contributed by atoms with Crippen molar-refractivity contribution in [2.45, 2.75) is 13.0 Å². The summed E-state index contributed by atoms with van der Waals surface area (Å²) in [5, 5.41) is 6.59. The van der Waals surface area contributed by atoms with Gasteiger partial charge < -0.3 is 14.6 Å². The van der Waals surface area contributed by atoms with Crippen molar-refractivity contribution >= 4 is 28.1 Å². The first-order valence-corrected chi connectivity index (χ1v) is 10.6. The van der Waals surface area contributed by atoms with Crippen LogP contribution in [0.5, 0.6) is 0 Å². The summed E-state index contributed by atoms with van der Waals surface area (Å²) in [5.74, 6) is -0.472. The van der Waals surface area contributed by atoms with Crippen molar-refractivity contribution in [3.8, 4) is 10.7 Å². The highest BCUT2D eigenvalue weighted by Crippen LogP contribution is 2.30. The van der Waals surface area contributed by atoms with E-state index in [1.54, 1.807) is 24.6 Å². The van der Waals surface area contributed by atoms with Crippen LogP contribution in [-0.2, 0) is 17.7 Å². The molecule has 1 amide bonds. The van der Waals surface area contributed by atoms with Gasteiger partial charge in [-0.25, -0.2) is 9.37 Å². The molecular formula is C23H22FN3O2S. The molecule has 4 rings (SSSR count). The number of thiazole rings is 1. The normalized spacial score (nSPS) is 11.1. The van der Waals surface area contributed by atoms with Crippen LogP contribution in [0.2, 0.25) is 0 Å². The van der Waals surface area contributed by atoms with Crippen molar-refractivity contribution < 1.29 is 13.9 Å². The van der Waals surface area contributed by atoms with E-state index in [9.17, 15) is 9.18 Å². The fourth-order valence-electron chi connectivity index (χ4n) is 3.37. The molecule has 2 aromatic heterocycles. The zero-order chi connectivity index (χ0) is 20.9. The number of nitrogens with zero attached hydrogens (tertiary/aromatic N) is 2. The maximum atomic E-state index is 13.0. The molecule has 0 aliphatic carbocycles. The molecule has 0 radical (unpaired) electrons. The number of benzene rings is 2. The summed E-state index contributed by atoms with van der Waals surface area (Å²) in [4.78, 5) is 17.1. The van der Waals surface area contributed by atoms with E-state index in [-0.39, 0.29) is 11.7 Å². The number of hydrogen-bond donors (Lipinski definition) is 1. The SMILES string of the molecule is COCCn1c(-c2nc(C(=O)NCCc3ccc(F)cc3)cs2)cc2ccccc21. The van der Waals surface area contributed by atoms with Crippen LogP contribution in [-0.4, -0.2) is 35.7 Å². The van der Waals surface area contributed by atoms with Crippen molar-refractivity contribution in [2.75, 3.05) is 20.3 Å². The third kappa shape index (κ3) is 4.42. The topological polar surface area (TPSA) is 56.2 Å². The number of nitrogens with one attached hydrogen (secondary N) is 1. The second-order valence-electron chi connectivity index (χ2n) is 6.90. The van der Waals surface area contributed by atoms with Gasteiger partial charge in [0.2, 0.25) is 0 Å². The van der Waals surface area contributed by atoms with Crippen LogP contribution in [0.15, 0.2) is 60.0 Å². The van der Waals surface area contributed by atoms with E-state index >= 15 is 0 Å². The lowest BCUT2D eigenvalue weighted by atomic mass is 10.1. The lowest BCUT2D eigenvalue weighted by Crippen LogP contribution is -2.26. The van der Waals surface area contributed by atoms with Gasteiger partial charge in [-0.2, -0.15) is 0 Å². The number of carbonyl (C=O) groups is 1. The molecule has 1 N–H and O–H groups in total. The molecule has 30 heavy (non-hydrogen) atoms. The van der Waals surface area contributed by atoms with E-state index in [0.717, 1.165) is 27.2 Å². The van der Waals surface area contributed by atoms with Crippen LogP contribution < -0.4 is 5.32 Å². The molecule has 5 nitrogen and oxygen atoms in total. The monoisotopic (exact) mass is 423 g/mol. The maximum absolute atomic E-state index is 13.0. The number of amides is 1. The van der Waals surface area contributed by atoms with Crippen LogP contribution in [0.3, 0.4) is 0 Å². The number of ether oxygens (including phenoxy) is 1. The third-order valence-corrected chi connectivity index (χ3v) is 5.76. The predicted octanol–water partition coefficient (Wildman–Crippen LogP) is 4.52. The molecule has 4 aromatic rings. The first-order valence-electron chi connectivity index (χ1n) is 9.71. The van der Waals surface area contributed by atoms with Crippen LogP contribution in [0.25, 0.3) is 21.6 Å². The van der Waals surface area contributed by atoms with Crippen molar-refractivity contribution in [3.05, 3.63) is 77.1 Å². The van der Waals surface area contributed by atoms with Crippen molar-refractivity contribution in [1.29, 1.82) is 0 Å². The van der Waals surface area contributed by atoms with Gasteiger partial charge in [0.05, 0.1) is 12.3 Å². The van der Waals surface area contributed by atoms with Crippen LogP contribution in [0.4, 0.5) is 4.39 Å². The van der Waals surface area contributed by atoms with E-state index in [0.29, 0.717) is 31.8 Å². The molecule has 0 aliphatic heterocycles. The van der Waals surface area contributed by atoms with Gasteiger partial charge in [-0.3, -0.25) is 4.79 Å². The molecule has 0 atom stereocenters. The standard InChI is InChI=1S/C23H22FN3O2S/c1-29-13-12-27-20-5-3-2-4-17(20)14-21(27)23-26-19(15-30-23)22(28)25-11-10-16-6-8-18(24)9-7-16/h2-9,14-15H,10-13H2,1H3,(H,25,28). The van der Waals surface area contributed by atoms with Gasteiger partial charge in [0.1, 0.15) is 16.5 Å². The summed E-state index contributed by atoms with van der Waals surface area (Å²) in [6.45, 7) is 1.76. The van der Waals surface area contributed by atoms with E-state index < -0.39 is 0 Å². The Bertz CT molecular complexity index is 1150. The Hall–Kier alpha value is -3.03. The summed E-state index contributed by atoms with van der Waals surface area (Å²) in [6, 6.07) is 16.6. The molecule has 2 aromatic carbocycles. The average Bonchev–Trinajstić information content (AvgIpc) is 3.38. The van der Waals surface area contributed by atoms with Crippen molar-refractivity contribution in [2.24, 2.45) is 0 Å². The van der Waals surface area contributed by atoms with E-state index in [1.807, 2.05) is 12.1 Å². The third-order valence-electron chi connectivity index (χ3n) is 4.90. The van der Waals surface area contributed by atoms with Gasteiger partial charge in [-0.15, -0.1) is 11.3 Å². The minimum Gasteiger partial charge on any atom is -0.383 e. The number of methoxy groups -OCH3 is 1. The molecule has 7 heteroatoms. The molecule has 154 valence electrons. The lowest BCUT2D eigenvalue weighted by molar-refractivity contribution is 0.0950. The van der Waals surface area contributed by atoms with E-state index in [2.05, 4.69) is 33.1 Å². The number of fused-ring (bicyclic) bond motifs is 1. The molecule has 0 saturated heterocycles. The predicted molar refractivity (Wildman–Crippen MR) is 117 cm³/mol. The van der Waals surface area contributed by atoms with Crippen LogP contribution >= 0.6 is 11.3 Å².